The van der Waals surface area contributed by atoms with Crippen LogP contribution in [0.15, 0.2) is 0 Å². The van der Waals surface area contributed by atoms with E-state index in [2.05, 4.69) is 5.32 Å². The lowest BCUT2D eigenvalue weighted by atomic mass is 9.84. The first-order valence-corrected chi connectivity index (χ1v) is 4.39. The van der Waals surface area contributed by atoms with Crippen molar-refractivity contribution < 1.29 is 4.74 Å². The predicted molar refractivity (Wildman–Crippen MR) is 49.2 cm³/mol. The molecule has 3 nitrogen and oxygen atoms in total. The van der Waals surface area contributed by atoms with E-state index in [0.717, 1.165) is 11.2 Å². The Kier molecular flexibility index (Phi) is 1.85. The molecule has 1 aliphatic rings. The van der Waals surface area contributed by atoms with Crippen LogP contribution in [0.3, 0.4) is 0 Å². The highest BCUT2D eigenvalue weighted by atomic mass is 16.5. The molecule has 0 spiro atoms. The molecule has 0 bridgehead atoms. The van der Waals surface area contributed by atoms with Crippen molar-refractivity contribution in [2.45, 2.75) is 52.1 Å². The third-order valence-corrected chi connectivity index (χ3v) is 2.96. The number of rotatable bonds is 1. The van der Waals surface area contributed by atoms with Gasteiger partial charge in [0.2, 0.25) is 0 Å². The van der Waals surface area contributed by atoms with Crippen molar-refractivity contribution in [1.82, 2.24) is 5.32 Å². The summed E-state index contributed by atoms with van der Waals surface area (Å²) in [6.07, 6.45) is 0.719. The molecule has 0 aliphatic carbocycles. The second-order valence-electron chi connectivity index (χ2n) is 4.29. The first-order valence-electron chi connectivity index (χ1n) is 4.39. The number of hydrogen-bond donors (Lipinski definition) is 0. The lowest BCUT2D eigenvalue weighted by molar-refractivity contribution is -0.540. The lowest BCUT2D eigenvalue weighted by Crippen LogP contribution is -2.50. The Balaban J connectivity index is 3.06. The molecule has 0 atom stereocenters. The molecule has 3 heteroatoms. The Morgan fingerprint density at radius 3 is 2.00 bits per heavy atom. The Morgan fingerprint density at radius 2 is 1.83 bits per heavy atom. The van der Waals surface area contributed by atoms with Crippen molar-refractivity contribution in [1.29, 1.82) is 0 Å². The minimum absolute atomic E-state index is 0.264. The van der Waals surface area contributed by atoms with Crippen LogP contribution < -0.4 is 5.32 Å². The number of hydroxylamine groups is 1. The molecular weight excluding hydrogens is 152 g/mol. The van der Waals surface area contributed by atoms with Crippen LogP contribution in [-0.2, 0) is 0 Å². The summed E-state index contributed by atoms with van der Waals surface area (Å²) in [5.41, 5.74) is -0.668. The van der Waals surface area contributed by atoms with Crippen molar-refractivity contribution >= 4 is 5.84 Å². The topological polar surface area (TPSA) is 40.2 Å². The number of amidine groups is 1. The maximum absolute atomic E-state index is 11.7. The molecule has 0 amide bonds. The second-order valence-corrected chi connectivity index (χ2v) is 4.29. The van der Waals surface area contributed by atoms with Gasteiger partial charge in [-0.15, -0.1) is 0 Å². The van der Waals surface area contributed by atoms with E-state index in [1.54, 1.807) is 0 Å². The quantitative estimate of drug-likeness (QED) is 0.433. The monoisotopic (exact) mass is 169 g/mol. The molecule has 0 aromatic rings. The molecule has 1 rings (SSSR count). The van der Waals surface area contributed by atoms with E-state index in [4.69, 9.17) is 0 Å². The number of hydrogen-bond acceptors (Lipinski definition) is 1. The Morgan fingerprint density at radius 1 is 1.33 bits per heavy atom. The summed E-state index contributed by atoms with van der Waals surface area (Å²) in [4.78, 5) is 0. The summed E-state index contributed by atoms with van der Waals surface area (Å²) < 4.78 is 1.05. The first-order chi connectivity index (χ1) is 5.33. The maximum atomic E-state index is 11.7. The smallest absolute Gasteiger partial charge is 0.291 e. The van der Waals surface area contributed by atoms with Gasteiger partial charge in [-0.1, -0.05) is 12.2 Å². The summed E-state index contributed by atoms with van der Waals surface area (Å²) in [6, 6.07) is 0. The van der Waals surface area contributed by atoms with Crippen LogP contribution in [0.4, 0.5) is 0 Å². The van der Waals surface area contributed by atoms with Crippen molar-refractivity contribution in [3.05, 3.63) is 5.21 Å². The Hall–Kier alpha value is -0.730. The molecule has 1 aliphatic heterocycles. The van der Waals surface area contributed by atoms with Gasteiger partial charge in [0.15, 0.2) is 5.54 Å². The van der Waals surface area contributed by atoms with E-state index in [9.17, 15) is 5.21 Å². The zero-order valence-corrected chi connectivity index (χ0v) is 8.51. The third kappa shape index (κ3) is 0.993. The van der Waals surface area contributed by atoms with Crippen molar-refractivity contribution in [3.8, 4) is 0 Å². The van der Waals surface area contributed by atoms with Gasteiger partial charge in [0, 0.05) is 0 Å². The molecule has 69 valence electrons. The van der Waals surface area contributed by atoms with Crippen LogP contribution in [0.1, 0.15) is 41.0 Å². The average Bonchev–Trinajstić information content (AvgIpc) is 2.11. The predicted octanol–water partition coefficient (Wildman–Crippen LogP) is 1.48. The molecular formula is C9H17N2O. The zero-order valence-electron chi connectivity index (χ0n) is 8.51. The van der Waals surface area contributed by atoms with Crippen molar-refractivity contribution in [2.24, 2.45) is 0 Å². The van der Waals surface area contributed by atoms with Gasteiger partial charge >= 0.3 is 0 Å². The molecule has 0 aromatic carbocycles. The Labute approximate surface area is 74.1 Å². The van der Waals surface area contributed by atoms with E-state index >= 15 is 0 Å². The molecule has 1 radical (unpaired) electrons. The molecule has 0 fully saturated rings. The van der Waals surface area contributed by atoms with Gasteiger partial charge in [-0.25, -0.2) is 0 Å². The maximum Gasteiger partial charge on any atom is 0.291 e. The van der Waals surface area contributed by atoms with Gasteiger partial charge in [-0.3, -0.25) is 4.74 Å². The van der Waals surface area contributed by atoms with Gasteiger partial charge < -0.3 is 5.21 Å². The summed E-state index contributed by atoms with van der Waals surface area (Å²) in [5, 5.41) is 16.1. The summed E-state index contributed by atoms with van der Waals surface area (Å²) in [5.74, 6) is 0.671. The third-order valence-electron chi connectivity index (χ3n) is 2.96. The molecule has 0 saturated carbocycles. The molecule has 0 unspecified atom stereocenters. The second kappa shape index (κ2) is 2.38. The highest BCUT2D eigenvalue weighted by Gasteiger charge is 2.54. The van der Waals surface area contributed by atoms with Crippen molar-refractivity contribution in [2.75, 3.05) is 0 Å². The van der Waals surface area contributed by atoms with E-state index in [1.165, 1.54) is 0 Å². The van der Waals surface area contributed by atoms with Crippen LogP contribution in [0.5, 0.6) is 0 Å². The molecule has 0 N–H and O–H groups in total. The van der Waals surface area contributed by atoms with Gasteiger partial charge in [-0.2, -0.15) is 0 Å². The summed E-state index contributed by atoms with van der Waals surface area (Å²) in [6.45, 7) is 9.83. The van der Waals surface area contributed by atoms with Crippen LogP contribution in [0, 0.1) is 5.21 Å². The largest absolute Gasteiger partial charge is 0.715 e. The fourth-order valence-electron chi connectivity index (χ4n) is 1.30. The normalized spacial score (nSPS) is 25.8. The van der Waals surface area contributed by atoms with Gasteiger partial charge in [0.05, 0.1) is 6.42 Å². The first kappa shape index (κ1) is 9.36. The van der Waals surface area contributed by atoms with E-state index in [0.29, 0.717) is 5.84 Å². The van der Waals surface area contributed by atoms with Gasteiger partial charge in [0.25, 0.3) is 5.84 Å². The van der Waals surface area contributed by atoms with E-state index in [-0.39, 0.29) is 5.54 Å². The fraction of sp³-hybridized carbons (Fsp3) is 0.889. The fourth-order valence-corrected chi connectivity index (χ4v) is 1.30. The van der Waals surface area contributed by atoms with Crippen LogP contribution in [0.25, 0.3) is 0 Å². The number of nitrogens with zero attached hydrogens (tertiary/aromatic N) is 2. The Bertz CT molecular complexity index is 229. The minimum atomic E-state index is -0.404. The summed E-state index contributed by atoms with van der Waals surface area (Å²) in [7, 11) is 0. The lowest BCUT2D eigenvalue weighted by Gasteiger charge is -2.30. The average molecular weight is 169 g/mol. The van der Waals surface area contributed by atoms with Crippen LogP contribution in [0.2, 0.25) is 0 Å². The van der Waals surface area contributed by atoms with Gasteiger partial charge in [-0.05, 0) is 27.7 Å². The highest BCUT2D eigenvalue weighted by molar-refractivity contribution is 5.79. The standard InChI is InChI=1S/C9H17N2O/c1-6-7-10-8(2,3)9(4,5)11(7)12/h6H2,1-5H3. The highest BCUT2D eigenvalue weighted by Crippen LogP contribution is 2.30. The molecule has 1 heterocycles. The minimum Gasteiger partial charge on any atom is -0.715 e. The zero-order chi connectivity index (χ0) is 9.57. The summed E-state index contributed by atoms with van der Waals surface area (Å²) >= 11 is 0. The SMILES string of the molecule is CCC1=[N+]([O-])C(C)(C)C(C)(C)[N]1. The van der Waals surface area contributed by atoms with E-state index < -0.39 is 5.54 Å². The molecule has 0 saturated heterocycles. The van der Waals surface area contributed by atoms with Crippen molar-refractivity contribution in [3.63, 3.8) is 0 Å². The molecule has 0 aromatic heterocycles. The van der Waals surface area contributed by atoms with Crippen LogP contribution in [-0.4, -0.2) is 21.7 Å². The van der Waals surface area contributed by atoms with E-state index in [1.807, 2.05) is 34.6 Å². The molecule has 12 heavy (non-hydrogen) atoms. The van der Waals surface area contributed by atoms with Crippen LogP contribution >= 0.6 is 0 Å². The van der Waals surface area contributed by atoms with Gasteiger partial charge in [0.1, 0.15) is 5.54 Å².